The minimum atomic E-state index is -0.606. The van der Waals surface area contributed by atoms with Crippen molar-refractivity contribution in [3.63, 3.8) is 0 Å². The van der Waals surface area contributed by atoms with Crippen LogP contribution in [0.1, 0.15) is 40.3 Å². The number of hydrogen-bond acceptors (Lipinski definition) is 5. The van der Waals surface area contributed by atoms with Crippen molar-refractivity contribution in [2.24, 2.45) is 0 Å². The van der Waals surface area contributed by atoms with Crippen molar-refractivity contribution in [3.8, 4) is 16.9 Å². The van der Waals surface area contributed by atoms with Gasteiger partial charge in [0.2, 0.25) is 0 Å². The number of fused-ring (bicyclic) bond motifs is 5. The molecule has 0 aliphatic carbocycles. The Balaban J connectivity index is 1.90. The monoisotopic (exact) mass is 367 g/mol. The molecule has 1 aliphatic heterocycles. The summed E-state index contributed by atoms with van der Waals surface area (Å²) in [6, 6.07) is 5.77. The molecule has 27 heavy (non-hydrogen) atoms. The van der Waals surface area contributed by atoms with Crippen LogP contribution >= 0.6 is 0 Å². The highest BCUT2D eigenvalue weighted by Gasteiger charge is 2.23. The molecule has 0 spiro atoms. The van der Waals surface area contributed by atoms with E-state index in [0.717, 1.165) is 16.8 Å². The maximum atomic E-state index is 13.8. The summed E-state index contributed by atoms with van der Waals surface area (Å²) in [5.41, 5.74) is 9.83. The highest BCUT2D eigenvalue weighted by Crippen LogP contribution is 2.34. The fourth-order valence-electron chi connectivity index (χ4n) is 3.27. The van der Waals surface area contributed by atoms with Gasteiger partial charge in [-0.05, 0) is 38.1 Å². The number of hydrogen-bond donors (Lipinski definition) is 3. The van der Waals surface area contributed by atoms with Crippen molar-refractivity contribution in [1.82, 2.24) is 20.5 Å². The molecule has 2 bridgehead atoms. The largest absolute Gasteiger partial charge is 0.482 e. The van der Waals surface area contributed by atoms with Gasteiger partial charge in [-0.25, -0.2) is 9.37 Å². The van der Waals surface area contributed by atoms with E-state index in [0.29, 0.717) is 22.6 Å². The molecular weight excluding hydrogens is 349 g/mol. The minimum Gasteiger partial charge on any atom is -0.482 e. The van der Waals surface area contributed by atoms with Crippen LogP contribution in [0.3, 0.4) is 0 Å². The van der Waals surface area contributed by atoms with Crippen LogP contribution in [0, 0.1) is 12.7 Å². The lowest BCUT2D eigenvalue weighted by atomic mass is 10.0. The number of rotatable bonds is 0. The van der Waals surface area contributed by atoms with Crippen LogP contribution in [0.2, 0.25) is 0 Å². The molecule has 3 aromatic rings. The van der Waals surface area contributed by atoms with E-state index >= 15 is 0 Å². The van der Waals surface area contributed by atoms with Crippen LogP contribution in [0.4, 0.5) is 10.2 Å². The first kappa shape index (κ1) is 17.0. The average molecular weight is 367 g/mol. The molecule has 3 heterocycles. The van der Waals surface area contributed by atoms with Crippen LogP contribution in [0.15, 0.2) is 30.5 Å². The highest BCUT2D eigenvalue weighted by atomic mass is 19.1. The summed E-state index contributed by atoms with van der Waals surface area (Å²) in [5.74, 6) is -0.202. The third-order valence-electron chi connectivity index (χ3n) is 4.61. The van der Waals surface area contributed by atoms with Crippen molar-refractivity contribution in [3.05, 3.63) is 58.8 Å². The number of nitrogens with one attached hydrogen (secondary N) is 2. The molecular formula is C19H18FN5O2. The molecule has 1 aliphatic rings. The lowest BCUT2D eigenvalue weighted by molar-refractivity contribution is 0.0945. The molecule has 7 nitrogen and oxygen atoms in total. The maximum absolute atomic E-state index is 13.8. The molecule has 0 radical (unpaired) electrons. The zero-order valence-electron chi connectivity index (χ0n) is 14.8. The summed E-state index contributed by atoms with van der Waals surface area (Å²) in [6.07, 6.45) is 1.03. The molecule has 8 heteroatoms. The number of ether oxygens (including phenoxy) is 1. The highest BCUT2D eigenvalue weighted by molar-refractivity contribution is 5.96. The second-order valence-corrected chi connectivity index (χ2v) is 6.45. The molecule has 1 amide bonds. The Morgan fingerprint density at radius 1 is 1.33 bits per heavy atom. The number of halogens is 1. The molecule has 0 saturated carbocycles. The van der Waals surface area contributed by atoms with E-state index in [1.807, 2.05) is 6.92 Å². The number of amides is 1. The first-order valence-electron chi connectivity index (χ1n) is 8.48. The number of anilines is 1. The van der Waals surface area contributed by atoms with Gasteiger partial charge in [0, 0.05) is 34.1 Å². The van der Waals surface area contributed by atoms with Crippen LogP contribution < -0.4 is 15.8 Å². The summed E-state index contributed by atoms with van der Waals surface area (Å²) in [7, 11) is 0. The molecule has 2 aromatic heterocycles. The fourth-order valence-corrected chi connectivity index (χ4v) is 3.27. The van der Waals surface area contributed by atoms with Crippen LogP contribution in [-0.4, -0.2) is 21.1 Å². The lowest BCUT2D eigenvalue weighted by Crippen LogP contribution is -2.26. The molecule has 0 saturated heterocycles. The normalized spacial score (nSPS) is 16.3. The van der Waals surface area contributed by atoms with E-state index in [-0.39, 0.29) is 18.3 Å². The van der Waals surface area contributed by atoms with E-state index < -0.39 is 11.9 Å². The summed E-state index contributed by atoms with van der Waals surface area (Å²) in [5, 5.41) is 10.1. The summed E-state index contributed by atoms with van der Waals surface area (Å²) in [6.45, 7) is 3.83. The van der Waals surface area contributed by atoms with E-state index in [1.165, 1.54) is 18.2 Å². The van der Waals surface area contributed by atoms with Crippen molar-refractivity contribution in [1.29, 1.82) is 0 Å². The number of H-pyrrole nitrogens is 1. The van der Waals surface area contributed by atoms with E-state index in [1.54, 1.807) is 19.2 Å². The Morgan fingerprint density at radius 3 is 2.96 bits per heavy atom. The summed E-state index contributed by atoms with van der Waals surface area (Å²) in [4.78, 5) is 16.9. The second kappa shape index (κ2) is 6.39. The number of carbonyl (C=O) groups is 1. The molecule has 0 unspecified atom stereocenters. The average Bonchev–Trinajstić information content (AvgIpc) is 3.01. The number of carbonyl (C=O) groups excluding carboxylic acids is 1. The van der Waals surface area contributed by atoms with Gasteiger partial charge in [-0.1, -0.05) is 0 Å². The van der Waals surface area contributed by atoms with Gasteiger partial charge in [0.05, 0.1) is 12.2 Å². The number of nitrogens with two attached hydrogens (primary N) is 1. The Kier molecular flexibility index (Phi) is 4.02. The van der Waals surface area contributed by atoms with Crippen molar-refractivity contribution < 1.29 is 13.9 Å². The van der Waals surface area contributed by atoms with E-state index in [2.05, 4.69) is 20.5 Å². The number of nitrogens with zero attached hydrogens (tertiary/aromatic N) is 2. The first-order valence-corrected chi connectivity index (χ1v) is 8.48. The fraction of sp³-hybridized carbons (Fsp3) is 0.211. The number of aromatic nitrogens is 3. The van der Waals surface area contributed by atoms with Gasteiger partial charge in [-0.2, -0.15) is 5.10 Å². The smallest absolute Gasteiger partial charge is 0.252 e. The number of nitrogen functional groups attached to an aromatic ring is 1. The molecule has 4 N–H and O–H groups in total. The van der Waals surface area contributed by atoms with Crippen LogP contribution in [0.5, 0.6) is 5.75 Å². The molecule has 4 rings (SSSR count). The SMILES string of the molecule is Cc1[nH]nc2c1-c1cnc(N)c(c1)O[C@H](C)c1cc(F)ccc1C(=O)NC2. The zero-order valence-corrected chi connectivity index (χ0v) is 14.8. The molecule has 1 aromatic carbocycles. The number of aryl methyl sites for hydroxylation is 1. The Labute approximate surface area is 154 Å². The van der Waals surface area contributed by atoms with Gasteiger partial charge in [0.1, 0.15) is 11.9 Å². The third-order valence-corrected chi connectivity index (χ3v) is 4.61. The van der Waals surface area contributed by atoms with Gasteiger partial charge < -0.3 is 15.8 Å². The maximum Gasteiger partial charge on any atom is 0.252 e. The van der Waals surface area contributed by atoms with Crippen molar-refractivity contribution in [2.45, 2.75) is 26.5 Å². The minimum absolute atomic E-state index is 0.213. The Bertz CT molecular complexity index is 1050. The number of pyridine rings is 1. The van der Waals surface area contributed by atoms with Gasteiger partial charge in [0.25, 0.3) is 5.91 Å². The van der Waals surface area contributed by atoms with Crippen LogP contribution in [-0.2, 0) is 6.54 Å². The predicted octanol–water partition coefficient (Wildman–Crippen LogP) is 2.88. The van der Waals surface area contributed by atoms with E-state index in [9.17, 15) is 9.18 Å². The quantitative estimate of drug-likeness (QED) is 0.566. The van der Waals surface area contributed by atoms with Gasteiger partial charge in [-0.3, -0.25) is 9.89 Å². The topological polar surface area (TPSA) is 106 Å². The molecule has 138 valence electrons. The summed E-state index contributed by atoms with van der Waals surface area (Å²) >= 11 is 0. The Morgan fingerprint density at radius 2 is 2.15 bits per heavy atom. The lowest BCUT2D eigenvalue weighted by Gasteiger charge is -2.20. The van der Waals surface area contributed by atoms with E-state index in [4.69, 9.17) is 10.5 Å². The Hall–Kier alpha value is -3.42. The molecule has 0 fully saturated rings. The standard InChI is InChI=1S/C19H18FN5O2/c1-9-17-11-5-16(18(21)22-7-11)27-10(2)14-6-12(20)3-4-13(14)19(26)23-8-15(17)25-24-9/h3-7,10H,8H2,1-2H3,(H2,21,22)(H,23,26)(H,24,25)/t10-/m1/s1. The number of aromatic amines is 1. The predicted molar refractivity (Wildman–Crippen MR) is 97.6 cm³/mol. The van der Waals surface area contributed by atoms with Crippen LogP contribution in [0.25, 0.3) is 11.1 Å². The van der Waals surface area contributed by atoms with Crippen molar-refractivity contribution >= 4 is 11.7 Å². The van der Waals surface area contributed by atoms with Gasteiger partial charge >= 0.3 is 0 Å². The third kappa shape index (κ3) is 2.99. The summed E-state index contributed by atoms with van der Waals surface area (Å²) < 4.78 is 19.8. The number of benzene rings is 1. The zero-order chi connectivity index (χ0) is 19.1. The first-order chi connectivity index (χ1) is 12.9. The van der Waals surface area contributed by atoms with Crippen molar-refractivity contribution in [2.75, 3.05) is 5.73 Å². The molecule has 1 atom stereocenters. The second-order valence-electron chi connectivity index (χ2n) is 6.45. The van der Waals surface area contributed by atoms with Gasteiger partial charge in [-0.15, -0.1) is 0 Å². The van der Waals surface area contributed by atoms with Gasteiger partial charge in [0.15, 0.2) is 11.6 Å².